The highest BCUT2D eigenvalue weighted by molar-refractivity contribution is 5.64. The van der Waals surface area contributed by atoms with Crippen molar-refractivity contribution in [1.29, 1.82) is 0 Å². The Labute approximate surface area is 178 Å². The van der Waals surface area contributed by atoms with E-state index < -0.39 is 0 Å². The maximum absolute atomic E-state index is 6.09. The lowest BCUT2D eigenvalue weighted by molar-refractivity contribution is 0.206. The monoisotopic (exact) mass is 391 g/mol. The minimum absolute atomic E-state index is 0.291. The molecule has 0 aromatic heterocycles. The van der Waals surface area contributed by atoms with Gasteiger partial charge in [-0.3, -0.25) is 0 Å². The third kappa shape index (κ3) is 7.53. The molecule has 1 saturated carbocycles. The Kier molecular flexibility index (Phi) is 9.12. The molecule has 0 spiro atoms. The van der Waals surface area contributed by atoms with Crippen LogP contribution in [0.5, 0.6) is 5.75 Å². The van der Waals surface area contributed by atoms with Crippen LogP contribution in [0.15, 0.2) is 48.5 Å². The number of hydrogen-bond acceptors (Lipinski definition) is 1. The fourth-order valence-corrected chi connectivity index (χ4v) is 4.39. The molecule has 1 nitrogen and oxygen atoms in total. The molecule has 0 N–H and O–H groups in total. The van der Waals surface area contributed by atoms with Gasteiger partial charge in [0.15, 0.2) is 0 Å². The van der Waals surface area contributed by atoms with E-state index in [-0.39, 0.29) is 0 Å². The van der Waals surface area contributed by atoms with E-state index in [1.165, 1.54) is 80.9 Å². The third-order valence-corrected chi connectivity index (χ3v) is 6.34. The van der Waals surface area contributed by atoms with Crippen LogP contribution in [0.25, 0.3) is 11.1 Å². The summed E-state index contributed by atoms with van der Waals surface area (Å²) >= 11 is 0. The lowest BCUT2D eigenvalue weighted by atomic mass is 9.85. The molecule has 2 aromatic rings. The summed E-state index contributed by atoms with van der Waals surface area (Å²) < 4.78 is 6.09. The van der Waals surface area contributed by atoms with Crippen LogP contribution in [-0.2, 0) is 6.42 Å². The summed E-state index contributed by atoms with van der Waals surface area (Å²) in [5, 5.41) is 0. The summed E-state index contributed by atoms with van der Waals surface area (Å²) in [4.78, 5) is 0. The largest absolute Gasteiger partial charge is 0.491 e. The number of benzene rings is 2. The predicted octanol–water partition coefficient (Wildman–Crippen LogP) is 8.42. The second kappa shape index (κ2) is 12.1. The molecule has 1 aliphatic carbocycles. The average Bonchev–Trinajstić information content (AvgIpc) is 2.77. The summed E-state index contributed by atoms with van der Waals surface area (Å²) in [6, 6.07) is 17.8. The molecule has 3 rings (SSSR count). The van der Waals surface area contributed by atoms with Crippen molar-refractivity contribution in [1.82, 2.24) is 0 Å². The predicted molar refractivity (Wildman–Crippen MR) is 125 cm³/mol. The first-order chi connectivity index (χ1) is 14.2. The van der Waals surface area contributed by atoms with Crippen molar-refractivity contribution in [2.24, 2.45) is 5.92 Å². The van der Waals surface area contributed by atoms with Crippen molar-refractivity contribution < 1.29 is 4.74 Å². The van der Waals surface area contributed by atoms with Crippen LogP contribution < -0.4 is 4.74 Å². The van der Waals surface area contributed by atoms with Crippen molar-refractivity contribution >= 4 is 0 Å². The molecular weight excluding hydrogens is 352 g/mol. The van der Waals surface area contributed by atoms with Crippen LogP contribution in [-0.4, -0.2) is 6.10 Å². The van der Waals surface area contributed by atoms with E-state index in [0.29, 0.717) is 6.10 Å². The fourth-order valence-electron chi connectivity index (χ4n) is 4.39. The highest BCUT2D eigenvalue weighted by Crippen LogP contribution is 2.28. The van der Waals surface area contributed by atoms with Gasteiger partial charge in [-0.1, -0.05) is 75.4 Å². The molecule has 2 aromatic carbocycles. The molecule has 1 aliphatic rings. The van der Waals surface area contributed by atoms with Gasteiger partial charge in [0.1, 0.15) is 5.75 Å². The summed E-state index contributed by atoms with van der Waals surface area (Å²) in [7, 11) is 0. The SMILES string of the molecule is CCCCCC[C@H](C)Oc1ccc(-c2ccc(CCC3CC[CH]CC3)cc2)cc1. The van der Waals surface area contributed by atoms with E-state index in [2.05, 4.69) is 68.8 Å². The van der Waals surface area contributed by atoms with Gasteiger partial charge in [-0.05, 0) is 86.6 Å². The topological polar surface area (TPSA) is 9.23 Å². The molecule has 0 heterocycles. The Morgan fingerprint density at radius 1 is 0.862 bits per heavy atom. The molecule has 1 radical (unpaired) electrons. The number of ether oxygens (including phenoxy) is 1. The third-order valence-electron chi connectivity index (χ3n) is 6.34. The molecule has 0 amide bonds. The Morgan fingerprint density at radius 3 is 2.17 bits per heavy atom. The van der Waals surface area contributed by atoms with Crippen LogP contribution in [0.1, 0.15) is 83.6 Å². The zero-order valence-electron chi connectivity index (χ0n) is 18.5. The van der Waals surface area contributed by atoms with Gasteiger partial charge in [0.25, 0.3) is 0 Å². The Balaban J connectivity index is 1.46. The molecule has 1 heteroatoms. The maximum atomic E-state index is 6.09. The normalized spacial score (nSPS) is 15.9. The van der Waals surface area contributed by atoms with Crippen molar-refractivity contribution in [2.45, 2.75) is 90.6 Å². The highest BCUT2D eigenvalue weighted by atomic mass is 16.5. The molecule has 157 valence electrons. The number of aryl methyl sites for hydroxylation is 1. The van der Waals surface area contributed by atoms with Crippen LogP contribution in [0.3, 0.4) is 0 Å². The average molecular weight is 392 g/mol. The standard InChI is InChI=1S/C28H39O/c1-3-4-5-7-10-23(2)29-28-21-19-27(20-22-28)26-17-15-25(16-18-26)14-13-24-11-8-6-9-12-24/h6,15-24H,3-5,7-14H2,1-2H3/t23-/m0/s1. The minimum atomic E-state index is 0.291. The first-order valence-corrected chi connectivity index (χ1v) is 11.9. The minimum Gasteiger partial charge on any atom is -0.491 e. The van der Waals surface area contributed by atoms with Crippen LogP contribution in [0.4, 0.5) is 0 Å². The summed E-state index contributed by atoms with van der Waals surface area (Å²) in [5.74, 6) is 1.92. The van der Waals surface area contributed by atoms with Gasteiger partial charge in [0.2, 0.25) is 0 Å². The van der Waals surface area contributed by atoms with Gasteiger partial charge in [-0.15, -0.1) is 0 Å². The quantitative estimate of drug-likeness (QED) is 0.349. The lowest BCUT2D eigenvalue weighted by Gasteiger charge is -2.21. The van der Waals surface area contributed by atoms with Crippen LogP contribution in [0, 0.1) is 12.3 Å². The van der Waals surface area contributed by atoms with E-state index >= 15 is 0 Å². The Hall–Kier alpha value is -1.76. The van der Waals surface area contributed by atoms with Crippen molar-refractivity contribution in [3.8, 4) is 16.9 Å². The molecule has 0 bridgehead atoms. The summed E-state index contributed by atoms with van der Waals surface area (Å²) in [5.41, 5.74) is 4.03. The molecule has 0 aliphatic heterocycles. The molecule has 0 unspecified atom stereocenters. The van der Waals surface area contributed by atoms with Gasteiger partial charge in [0.05, 0.1) is 6.10 Å². The van der Waals surface area contributed by atoms with Gasteiger partial charge in [0, 0.05) is 0 Å². The lowest BCUT2D eigenvalue weighted by Crippen LogP contribution is -2.11. The number of rotatable bonds is 11. The zero-order valence-corrected chi connectivity index (χ0v) is 18.5. The summed E-state index contributed by atoms with van der Waals surface area (Å²) in [6.45, 7) is 4.44. The van der Waals surface area contributed by atoms with E-state index in [1.807, 2.05) is 0 Å². The summed E-state index contributed by atoms with van der Waals surface area (Å²) in [6.07, 6.45) is 17.1. The maximum Gasteiger partial charge on any atom is 0.119 e. The molecule has 1 fully saturated rings. The van der Waals surface area contributed by atoms with Crippen LogP contribution in [0.2, 0.25) is 0 Å². The van der Waals surface area contributed by atoms with E-state index in [9.17, 15) is 0 Å². The Morgan fingerprint density at radius 2 is 1.52 bits per heavy atom. The molecule has 29 heavy (non-hydrogen) atoms. The highest BCUT2D eigenvalue weighted by Gasteiger charge is 2.13. The van der Waals surface area contributed by atoms with Crippen molar-refractivity contribution in [2.75, 3.05) is 0 Å². The van der Waals surface area contributed by atoms with Crippen LogP contribution >= 0.6 is 0 Å². The van der Waals surface area contributed by atoms with Gasteiger partial charge in [-0.25, -0.2) is 0 Å². The van der Waals surface area contributed by atoms with Crippen molar-refractivity contribution in [3.05, 3.63) is 60.5 Å². The second-order valence-corrected chi connectivity index (χ2v) is 8.85. The van der Waals surface area contributed by atoms with E-state index in [1.54, 1.807) is 0 Å². The smallest absolute Gasteiger partial charge is 0.119 e. The first-order valence-electron chi connectivity index (χ1n) is 11.9. The first kappa shape index (κ1) is 21.9. The Bertz CT molecular complexity index is 679. The molecule has 0 saturated heterocycles. The van der Waals surface area contributed by atoms with Gasteiger partial charge >= 0.3 is 0 Å². The van der Waals surface area contributed by atoms with Gasteiger partial charge in [-0.2, -0.15) is 0 Å². The van der Waals surface area contributed by atoms with E-state index in [4.69, 9.17) is 4.74 Å². The van der Waals surface area contributed by atoms with E-state index in [0.717, 1.165) is 18.1 Å². The number of hydrogen-bond donors (Lipinski definition) is 0. The van der Waals surface area contributed by atoms with Crippen molar-refractivity contribution in [3.63, 3.8) is 0 Å². The fraction of sp³-hybridized carbons (Fsp3) is 0.536. The zero-order chi connectivity index (χ0) is 20.3. The molecule has 1 atom stereocenters. The number of unbranched alkanes of at least 4 members (excludes halogenated alkanes) is 3. The molecular formula is C28H39O. The van der Waals surface area contributed by atoms with Gasteiger partial charge < -0.3 is 4.74 Å². The second-order valence-electron chi connectivity index (χ2n) is 8.85.